The number of nitrogens with zero attached hydrogens (tertiary/aromatic N) is 2. The monoisotopic (exact) mass is 609 g/mol. The Labute approximate surface area is 233 Å². The summed E-state index contributed by atoms with van der Waals surface area (Å²) in [6.07, 6.45) is 25.1. The summed E-state index contributed by atoms with van der Waals surface area (Å²) >= 11 is 0.0619. The van der Waals surface area contributed by atoms with Crippen molar-refractivity contribution < 1.29 is 21.0 Å². The molecular weight excluding hydrogens is 548 g/mol. The Morgan fingerprint density at radius 3 is 1.42 bits per heavy atom. The van der Waals surface area contributed by atoms with Crippen molar-refractivity contribution in [1.82, 2.24) is 9.80 Å². The average molecular weight is 609 g/mol. The third-order valence-corrected chi connectivity index (χ3v) is 15.6. The van der Waals surface area contributed by atoms with Gasteiger partial charge in [0.25, 0.3) is 0 Å². The molecular formula is C31H60N2OPRu+. The van der Waals surface area contributed by atoms with Gasteiger partial charge >= 0.3 is 113 Å². The Morgan fingerprint density at radius 2 is 1.08 bits per heavy atom. The Bertz CT molecular complexity index is 599. The molecule has 0 aromatic heterocycles. The van der Waals surface area contributed by atoms with Crippen LogP contribution in [0.3, 0.4) is 0 Å². The number of hydrogen-bond acceptors (Lipinski definition) is 3. The summed E-state index contributed by atoms with van der Waals surface area (Å²) in [4.78, 5) is 7.15. The average Bonchev–Trinajstić information content (AvgIpc) is 2.91. The van der Waals surface area contributed by atoms with Crippen molar-refractivity contribution in [2.75, 3.05) is 19.7 Å². The predicted molar refractivity (Wildman–Crippen MR) is 160 cm³/mol. The molecule has 0 aromatic carbocycles. The molecule has 0 bridgehead atoms. The molecule has 212 valence electrons. The number of ether oxygens (including phenoxy) is 1. The van der Waals surface area contributed by atoms with Crippen molar-refractivity contribution >= 4 is 17.1 Å². The molecule has 1 aliphatic heterocycles. The van der Waals surface area contributed by atoms with Gasteiger partial charge in [0.15, 0.2) is 0 Å². The Kier molecular flexibility index (Phi) is 15.1. The maximum atomic E-state index is 5.43. The van der Waals surface area contributed by atoms with E-state index in [0.29, 0.717) is 12.1 Å². The second kappa shape index (κ2) is 17.4. The molecule has 0 amide bonds. The van der Waals surface area contributed by atoms with Crippen LogP contribution in [0.2, 0.25) is 0 Å². The zero-order chi connectivity index (χ0) is 25.8. The fraction of sp³-hybridized carbons (Fsp3) is 0.935. The fourth-order valence-electron chi connectivity index (χ4n) is 7.24. The van der Waals surface area contributed by atoms with Crippen LogP contribution in [-0.2, 0) is 21.0 Å². The van der Waals surface area contributed by atoms with E-state index < -0.39 is 0 Å². The first-order chi connectivity index (χ1) is 17.5. The zero-order valence-electron chi connectivity index (χ0n) is 24.6. The summed E-state index contributed by atoms with van der Waals surface area (Å²) in [5.41, 5.74) is 3.68. The van der Waals surface area contributed by atoms with E-state index in [1.54, 1.807) is 96.3 Å². The third kappa shape index (κ3) is 9.70. The first-order valence-electron chi connectivity index (χ1n) is 15.8. The van der Waals surface area contributed by atoms with Crippen LogP contribution in [0.15, 0.2) is 0 Å². The summed E-state index contributed by atoms with van der Waals surface area (Å²) in [6, 6.07) is 1.19. The maximum absolute atomic E-state index is 5.43. The van der Waals surface area contributed by atoms with E-state index in [2.05, 4.69) is 37.5 Å². The molecule has 4 fully saturated rings. The molecule has 4 aliphatic rings. The molecule has 0 aromatic rings. The van der Waals surface area contributed by atoms with Gasteiger partial charge in [-0.3, -0.25) is 0 Å². The van der Waals surface area contributed by atoms with Gasteiger partial charge in [-0.05, 0) is 77.0 Å². The van der Waals surface area contributed by atoms with Crippen LogP contribution in [0.5, 0.6) is 0 Å². The van der Waals surface area contributed by atoms with Crippen LogP contribution < -0.4 is 0 Å². The van der Waals surface area contributed by atoms with Gasteiger partial charge < -0.3 is 0 Å². The van der Waals surface area contributed by atoms with E-state index in [1.165, 1.54) is 40.8 Å². The molecule has 5 heteroatoms. The normalized spacial score (nSPS) is 24.4. The molecule has 0 unspecified atom stereocenters. The van der Waals surface area contributed by atoms with Crippen molar-refractivity contribution in [2.45, 2.75) is 166 Å². The molecule has 1 saturated heterocycles. The Morgan fingerprint density at radius 1 is 0.694 bits per heavy atom. The van der Waals surface area contributed by atoms with Crippen LogP contribution >= 0.6 is 7.92 Å². The van der Waals surface area contributed by atoms with E-state index in [-0.39, 0.29) is 24.1 Å². The molecule has 36 heavy (non-hydrogen) atoms. The van der Waals surface area contributed by atoms with E-state index in [9.17, 15) is 0 Å². The SMILES string of the molecule is C1CCC([PH+](C2CCCCC2)C2CCCCC2)CC1.CCO[CH]=[Ru]=[C]1N(C(C)C)CCCN1C(C)C. The van der Waals surface area contributed by atoms with Crippen molar-refractivity contribution in [1.29, 1.82) is 0 Å². The molecule has 0 spiro atoms. The van der Waals surface area contributed by atoms with E-state index in [0.717, 1.165) is 6.61 Å². The second-order valence-electron chi connectivity index (χ2n) is 12.3. The van der Waals surface area contributed by atoms with Crippen molar-refractivity contribution in [3.63, 3.8) is 0 Å². The van der Waals surface area contributed by atoms with Crippen molar-refractivity contribution in [3.05, 3.63) is 0 Å². The first kappa shape index (κ1) is 31.2. The minimum absolute atomic E-state index is 0.0465. The summed E-state index contributed by atoms with van der Waals surface area (Å²) in [7, 11) is -0.0465. The molecule has 3 nitrogen and oxygen atoms in total. The molecule has 0 N–H and O–H groups in total. The second-order valence-corrected chi connectivity index (χ2v) is 17.5. The summed E-state index contributed by atoms with van der Waals surface area (Å²) < 4.78 is 6.95. The molecule has 3 saturated carbocycles. The van der Waals surface area contributed by atoms with Crippen LogP contribution in [0, 0.1) is 0 Å². The Hall–Kier alpha value is 0.673. The molecule has 0 atom stereocenters. The first-order valence-corrected chi connectivity index (χ1v) is 19.4. The van der Waals surface area contributed by atoms with Gasteiger partial charge in [-0.1, -0.05) is 19.3 Å². The van der Waals surface area contributed by atoms with Crippen LogP contribution in [0.25, 0.3) is 0 Å². The van der Waals surface area contributed by atoms with Gasteiger partial charge in [0, 0.05) is 7.92 Å². The van der Waals surface area contributed by atoms with E-state index in [1.807, 2.05) is 11.7 Å². The molecule has 1 heterocycles. The molecule has 0 radical (unpaired) electrons. The van der Waals surface area contributed by atoms with E-state index >= 15 is 0 Å². The summed E-state index contributed by atoms with van der Waals surface area (Å²) in [6.45, 7) is 14.4. The van der Waals surface area contributed by atoms with Gasteiger partial charge in [0.1, 0.15) is 0 Å². The number of rotatable bonds is 7. The van der Waals surface area contributed by atoms with Crippen LogP contribution in [0.1, 0.15) is 137 Å². The van der Waals surface area contributed by atoms with Crippen LogP contribution in [-0.4, -0.2) is 67.7 Å². The summed E-state index contributed by atoms with van der Waals surface area (Å²) in [5.74, 6) is 0. The summed E-state index contributed by atoms with van der Waals surface area (Å²) in [5, 5.41) is 0. The van der Waals surface area contributed by atoms with Gasteiger partial charge in [0.05, 0.1) is 17.0 Å². The third-order valence-electron chi connectivity index (χ3n) is 9.09. The Balaban J connectivity index is 0.000000202. The van der Waals surface area contributed by atoms with Crippen LogP contribution in [0.4, 0.5) is 0 Å². The topological polar surface area (TPSA) is 15.7 Å². The predicted octanol–water partition coefficient (Wildman–Crippen LogP) is 7.98. The molecule has 4 rings (SSSR count). The zero-order valence-corrected chi connectivity index (χ0v) is 27.3. The van der Waals surface area contributed by atoms with Gasteiger partial charge in [-0.2, -0.15) is 0 Å². The minimum atomic E-state index is -0.0465. The fourth-order valence-corrected chi connectivity index (χ4v) is 14.9. The van der Waals surface area contributed by atoms with Gasteiger partial charge in [0.2, 0.25) is 0 Å². The molecule has 3 aliphatic carbocycles. The van der Waals surface area contributed by atoms with Crippen molar-refractivity contribution in [2.24, 2.45) is 0 Å². The van der Waals surface area contributed by atoms with Gasteiger partial charge in [-0.25, -0.2) is 0 Å². The van der Waals surface area contributed by atoms with E-state index in [4.69, 9.17) is 4.74 Å². The van der Waals surface area contributed by atoms with Gasteiger partial charge in [-0.15, -0.1) is 0 Å². The quantitative estimate of drug-likeness (QED) is 0.215. The van der Waals surface area contributed by atoms with Crippen molar-refractivity contribution in [3.8, 4) is 0 Å². The standard InChI is InChI=1S/C18H33P.C10H20N2.C3H6O.Ru/c1-4-10-16(11-5-1)19(17-12-6-2-7-13-17)18-14-8-3-9-15-18;1-9(2)11-6-5-7-12(8-11)10(3)4;1-3-4-2;/h16-18H,1-15H2;9-10H,5-7H2,1-4H3;2H,3H2,1H3;/p+1. The number of hydrogen-bond donors (Lipinski definition) is 0.